The van der Waals surface area contributed by atoms with Crippen LogP contribution in [-0.4, -0.2) is 21.8 Å². The van der Waals surface area contributed by atoms with Gasteiger partial charge in [-0.25, -0.2) is 9.97 Å². The van der Waals surface area contributed by atoms with Crippen LogP contribution in [0.1, 0.15) is 20.8 Å². The summed E-state index contributed by atoms with van der Waals surface area (Å²) in [5, 5.41) is 8.55. The van der Waals surface area contributed by atoms with Gasteiger partial charge in [-0.05, 0) is 18.2 Å². The van der Waals surface area contributed by atoms with Crippen LogP contribution in [-0.2, 0) is 0 Å². The Morgan fingerprint density at radius 3 is 2.74 bits per heavy atom. The number of pyridine rings is 2. The Hall–Kier alpha value is -3.10. The molecule has 0 aromatic carbocycles. The lowest BCUT2D eigenvalue weighted by molar-refractivity contribution is 0.0989. The van der Waals surface area contributed by atoms with E-state index in [0.29, 0.717) is 5.39 Å². The molecular formula is C10H6N6O3. The molecule has 2 amide bonds. The van der Waals surface area contributed by atoms with Gasteiger partial charge in [-0.2, -0.15) is 0 Å². The summed E-state index contributed by atoms with van der Waals surface area (Å²) >= 11 is 0. The second-order valence-electron chi connectivity index (χ2n) is 3.35. The van der Waals surface area contributed by atoms with Gasteiger partial charge < -0.3 is 5.84 Å². The molecule has 19 heavy (non-hydrogen) atoms. The highest BCUT2D eigenvalue weighted by atomic mass is 16.3. The van der Waals surface area contributed by atoms with Crippen LogP contribution in [0.4, 0.5) is 0 Å². The number of carbonyl (C=O) groups excluding carboxylic acids is 2. The second kappa shape index (κ2) is 5.04. The summed E-state index contributed by atoms with van der Waals surface area (Å²) in [5.41, 5.74) is -0.163. The molecule has 2 aromatic heterocycles. The highest BCUT2D eigenvalue weighted by Gasteiger charge is 2.17. The summed E-state index contributed by atoms with van der Waals surface area (Å²) in [4.78, 5) is 41.1. The summed E-state index contributed by atoms with van der Waals surface area (Å²) < 4.78 is 0. The van der Waals surface area contributed by atoms with Gasteiger partial charge in [-0.1, -0.05) is 10.3 Å². The van der Waals surface area contributed by atoms with Crippen molar-refractivity contribution in [3.63, 3.8) is 0 Å². The number of amides is 2. The Kier molecular flexibility index (Phi) is 3.28. The number of hydrogen-bond donors (Lipinski definition) is 1. The lowest BCUT2D eigenvalue weighted by Crippen LogP contribution is -2.05. The molecule has 0 radical (unpaired) electrons. The van der Waals surface area contributed by atoms with Crippen LogP contribution in [0.5, 0.6) is 0 Å². The Balaban J connectivity index is 2.73. The zero-order valence-electron chi connectivity index (χ0n) is 9.35. The summed E-state index contributed by atoms with van der Waals surface area (Å²) in [6.45, 7) is 0. The molecule has 0 bridgehead atoms. The third-order valence-corrected chi connectivity index (χ3v) is 2.27. The van der Waals surface area contributed by atoms with Crippen molar-refractivity contribution >= 4 is 22.8 Å². The van der Waals surface area contributed by atoms with Gasteiger partial charge in [-0.15, -0.1) is 4.91 Å². The van der Waals surface area contributed by atoms with Crippen LogP contribution in [0.2, 0.25) is 0 Å². The van der Waals surface area contributed by atoms with E-state index in [4.69, 9.17) is 5.84 Å². The molecular weight excluding hydrogens is 252 g/mol. The molecule has 2 rings (SSSR count). The summed E-state index contributed by atoms with van der Waals surface area (Å²) in [6.07, 6.45) is 1.43. The fourth-order valence-electron chi connectivity index (χ4n) is 1.50. The van der Waals surface area contributed by atoms with Gasteiger partial charge in [0.25, 0.3) is 0 Å². The normalized spacial score (nSPS) is 10.7. The van der Waals surface area contributed by atoms with E-state index in [0.717, 1.165) is 6.07 Å². The first kappa shape index (κ1) is 12.4. The van der Waals surface area contributed by atoms with Gasteiger partial charge in [-0.3, -0.25) is 9.59 Å². The molecule has 0 saturated carbocycles. The van der Waals surface area contributed by atoms with Crippen molar-refractivity contribution in [2.45, 2.75) is 0 Å². The van der Waals surface area contributed by atoms with Gasteiger partial charge >= 0.3 is 11.8 Å². The molecule has 2 N–H and O–H groups in total. The van der Waals surface area contributed by atoms with Crippen molar-refractivity contribution in [2.24, 2.45) is 21.4 Å². The van der Waals surface area contributed by atoms with E-state index in [-0.39, 0.29) is 16.9 Å². The minimum Gasteiger partial charge on any atom is -0.304 e. The predicted molar refractivity (Wildman–Crippen MR) is 63.0 cm³/mol. The van der Waals surface area contributed by atoms with E-state index in [1.54, 1.807) is 6.07 Å². The van der Waals surface area contributed by atoms with Gasteiger partial charge in [0.1, 0.15) is 5.69 Å². The Labute approximate surface area is 105 Å². The Bertz CT molecular complexity index is 711. The third-order valence-electron chi connectivity index (χ3n) is 2.27. The average molecular weight is 258 g/mol. The van der Waals surface area contributed by atoms with Crippen LogP contribution in [0.3, 0.4) is 0 Å². The average Bonchev–Trinajstić information content (AvgIpc) is 2.45. The number of nitroso groups, excluding NO2 is 1. The van der Waals surface area contributed by atoms with Crippen molar-refractivity contribution in [3.05, 3.63) is 40.6 Å². The molecule has 0 saturated heterocycles. The molecule has 2 aromatic rings. The van der Waals surface area contributed by atoms with Crippen LogP contribution in [0.15, 0.2) is 39.9 Å². The number of fused-ring (bicyclic) bond motifs is 1. The zero-order valence-corrected chi connectivity index (χ0v) is 9.35. The maximum atomic E-state index is 11.5. The molecule has 9 heteroatoms. The van der Waals surface area contributed by atoms with Crippen LogP contribution >= 0.6 is 0 Å². The number of carbonyl (C=O) groups is 2. The Morgan fingerprint density at radius 1 is 1.26 bits per heavy atom. The van der Waals surface area contributed by atoms with Crippen molar-refractivity contribution in [2.75, 3.05) is 0 Å². The monoisotopic (exact) mass is 258 g/mol. The quantitative estimate of drug-likeness (QED) is 0.368. The maximum Gasteiger partial charge on any atom is 0.317 e. The number of hydrogen-bond acceptors (Lipinski definition) is 6. The predicted octanol–water partition coefficient (Wildman–Crippen LogP) is 1.00. The van der Waals surface area contributed by atoms with Gasteiger partial charge in [0, 0.05) is 16.8 Å². The van der Waals surface area contributed by atoms with Gasteiger partial charge in [0.2, 0.25) is 0 Å². The highest BCUT2D eigenvalue weighted by molar-refractivity contribution is 6.08. The number of nitrogens with two attached hydrogens (primary N) is 1. The standard InChI is InChI=1S/C10H6N6O3/c11-16-14-10(18)7-4-6(9(17)15-19)5-2-1-3-12-8(5)13-7/h1-4H,(H2,11,14,18). The summed E-state index contributed by atoms with van der Waals surface area (Å²) in [6, 6.07) is 4.20. The van der Waals surface area contributed by atoms with E-state index >= 15 is 0 Å². The number of nitrogens with zero attached hydrogens (tertiary/aromatic N) is 5. The first-order valence-electron chi connectivity index (χ1n) is 4.96. The lowest BCUT2D eigenvalue weighted by atomic mass is 10.1. The van der Waals surface area contributed by atoms with Crippen LogP contribution < -0.4 is 5.84 Å². The molecule has 0 aliphatic heterocycles. The largest absolute Gasteiger partial charge is 0.317 e. The van der Waals surface area contributed by atoms with Gasteiger partial charge in [0.05, 0.1) is 5.56 Å². The maximum absolute atomic E-state index is 11.5. The zero-order chi connectivity index (χ0) is 13.8. The minimum absolute atomic E-state index is 0.0799. The first-order chi connectivity index (χ1) is 9.17. The van der Waals surface area contributed by atoms with Crippen LogP contribution in [0, 0.1) is 4.91 Å². The summed E-state index contributed by atoms with van der Waals surface area (Å²) in [7, 11) is 0. The molecule has 0 aliphatic carbocycles. The first-order valence-corrected chi connectivity index (χ1v) is 4.96. The van der Waals surface area contributed by atoms with Crippen molar-refractivity contribution < 1.29 is 9.59 Å². The second-order valence-corrected chi connectivity index (χ2v) is 3.35. The van der Waals surface area contributed by atoms with Crippen LogP contribution in [0.25, 0.3) is 11.0 Å². The van der Waals surface area contributed by atoms with E-state index in [1.165, 1.54) is 12.3 Å². The van der Waals surface area contributed by atoms with E-state index < -0.39 is 11.8 Å². The van der Waals surface area contributed by atoms with Crippen molar-refractivity contribution in [1.82, 2.24) is 9.97 Å². The molecule has 0 spiro atoms. The fourth-order valence-corrected chi connectivity index (χ4v) is 1.50. The summed E-state index contributed by atoms with van der Waals surface area (Å²) in [5.74, 6) is 2.88. The molecule has 0 fully saturated rings. The molecule has 0 atom stereocenters. The van der Waals surface area contributed by atoms with Gasteiger partial charge in [0.15, 0.2) is 5.65 Å². The minimum atomic E-state index is -1.03. The molecule has 0 aliphatic rings. The number of aromatic nitrogens is 2. The van der Waals surface area contributed by atoms with Crippen molar-refractivity contribution in [1.29, 1.82) is 0 Å². The van der Waals surface area contributed by atoms with E-state index in [2.05, 4.69) is 25.5 Å². The van der Waals surface area contributed by atoms with E-state index in [9.17, 15) is 14.5 Å². The van der Waals surface area contributed by atoms with Crippen molar-refractivity contribution in [3.8, 4) is 0 Å². The Morgan fingerprint density at radius 2 is 2.05 bits per heavy atom. The third kappa shape index (κ3) is 2.29. The molecule has 0 unspecified atom stereocenters. The molecule has 94 valence electrons. The fraction of sp³-hybridized carbons (Fsp3) is 0. The smallest absolute Gasteiger partial charge is 0.304 e. The number of rotatable bonds is 2. The SMILES string of the molecule is NN=NC(=O)c1cc(C(=O)N=O)c2cccnc2n1. The lowest BCUT2D eigenvalue weighted by Gasteiger charge is -2.02. The highest BCUT2D eigenvalue weighted by Crippen LogP contribution is 2.18. The topological polar surface area (TPSA) is 140 Å². The molecule has 2 heterocycles. The molecule has 9 nitrogen and oxygen atoms in total. The van der Waals surface area contributed by atoms with E-state index in [1.807, 2.05) is 0 Å².